The third kappa shape index (κ3) is 68.1. The van der Waals surface area contributed by atoms with Crippen LogP contribution in [0.5, 0.6) is 0 Å². The Hall–Kier alpha value is -6.15. The Morgan fingerprint density at radius 3 is 1.15 bits per heavy atom. The van der Waals surface area contributed by atoms with E-state index in [1.165, 1.54) is 19.4 Å². The van der Waals surface area contributed by atoms with E-state index >= 15 is 0 Å². The van der Waals surface area contributed by atoms with Gasteiger partial charge >= 0.3 is 0 Å². The molecule has 1 saturated carbocycles. The first-order valence-corrected chi connectivity index (χ1v) is 28.1. The van der Waals surface area contributed by atoms with Gasteiger partial charge in [-0.05, 0) is 209 Å². The zero-order chi connectivity index (χ0) is 66.9. The van der Waals surface area contributed by atoms with Gasteiger partial charge in [0.1, 0.15) is 6.54 Å². The van der Waals surface area contributed by atoms with E-state index in [4.69, 9.17) is 12.0 Å². The molecule has 474 valence electrons. The third-order valence-corrected chi connectivity index (χ3v) is 8.80. The first-order valence-electron chi connectivity index (χ1n) is 28.1. The van der Waals surface area contributed by atoms with Gasteiger partial charge in [0.15, 0.2) is 0 Å². The molecule has 3 unspecified atom stereocenters. The monoisotopic (exact) mass is 1160 g/mol. The van der Waals surface area contributed by atoms with Crippen molar-refractivity contribution in [2.45, 2.75) is 278 Å². The molecule has 19 heteroatoms. The maximum Gasteiger partial charge on any atom is 0.246 e. The molecule has 0 aromatic heterocycles. The number of azide groups is 1. The summed E-state index contributed by atoms with van der Waals surface area (Å²) in [5, 5.41) is 25.6. The molecule has 0 aromatic carbocycles. The fourth-order valence-corrected chi connectivity index (χ4v) is 6.08. The van der Waals surface area contributed by atoms with Crippen LogP contribution in [0.2, 0.25) is 0 Å². The number of nitrogens with zero attached hydrogens (tertiary/aromatic N) is 3. The molecule has 2 rings (SSSR count). The highest BCUT2D eigenvalue weighted by atomic mass is 16.2. The summed E-state index contributed by atoms with van der Waals surface area (Å²) in [4.78, 5) is 90.0. The smallest absolute Gasteiger partial charge is 0.246 e. The van der Waals surface area contributed by atoms with Crippen LogP contribution in [-0.4, -0.2) is 98.1 Å². The second kappa shape index (κ2) is 38.6. The summed E-state index contributed by atoms with van der Waals surface area (Å²) >= 11 is 0. The van der Waals surface area contributed by atoms with Gasteiger partial charge in [-0.3, -0.25) is 38.4 Å². The zero-order valence-corrected chi connectivity index (χ0v) is 57.1. The molecule has 0 heterocycles. The van der Waals surface area contributed by atoms with Crippen molar-refractivity contribution in [1.29, 1.82) is 0 Å². The van der Waals surface area contributed by atoms with Crippen LogP contribution >= 0.6 is 0 Å². The van der Waals surface area contributed by atoms with Crippen molar-refractivity contribution in [2.24, 2.45) is 28.3 Å². The predicted molar refractivity (Wildman–Crippen MR) is 340 cm³/mol. The number of terminal acetylenes is 1. The fraction of sp³-hybridized carbons (Fsp3) is 0.746. The van der Waals surface area contributed by atoms with Crippen LogP contribution in [0.15, 0.2) is 42.1 Å². The van der Waals surface area contributed by atoms with Gasteiger partial charge in [0.2, 0.25) is 47.3 Å². The lowest BCUT2D eigenvalue weighted by molar-refractivity contribution is -0.130. The van der Waals surface area contributed by atoms with Gasteiger partial charge in [-0.1, -0.05) is 64.0 Å². The molecule has 0 aromatic rings. The zero-order valence-electron chi connectivity index (χ0n) is 57.1. The van der Waals surface area contributed by atoms with E-state index in [0.29, 0.717) is 23.8 Å². The second-order valence-corrected chi connectivity index (χ2v) is 29.5. The third-order valence-electron chi connectivity index (χ3n) is 8.80. The van der Waals surface area contributed by atoms with Gasteiger partial charge in [0.25, 0.3) is 0 Å². The molecule has 0 aliphatic heterocycles. The summed E-state index contributed by atoms with van der Waals surface area (Å²) < 4.78 is 0. The molecule has 2 aliphatic carbocycles. The molecule has 0 radical (unpaired) electrons. The lowest BCUT2D eigenvalue weighted by Gasteiger charge is -2.26. The maximum atomic E-state index is 11.9. The Morgan fingerprint density at radius 1 is 0.561 bits per heavy atom. The molecule has 3 atom stereocenters. The number of nitrogens with one attached hydrogen (secondary N) is 8. The first-order chi connectivity index (χ1) is 36.1. The van der Waals surface area contributed by atoms with Crippen LogP contribution in [0.3, 0.4) is 0 Å². The maximum absolute atomic E-state index is 11.9. The number of carbonyl (C=O) groups is 8. The number of rotatable bonds is 7. The van der Waals surface area contributed by atoms with Crippen LogP contribution < -0.4 is 42.5 Å². The Balaban J connectivity index is -0.000000203. The standard InChI is InChI=1S/C12H19NO.C9H19NO.C8H15NO.C8H13NO.C7H15NO.C7H13NO.C6H12N4O.C6H13NO/c1-12(2,3)13-11(14)10-7-8-4-5-9(10)6-8;1-8(2,3)7(11)10-9(4,5)6;1-6(2)7(10)9-8(3,4)5;1-5-6-7(10)9-8(2,3)4;2*1-5-6(9)8-7(2,3)4;1-6(2,3)9-5(11)4-8-10-7;1-5(8)7-6(2,3)4/h4-5,8-10H,6-7H2,1-3H3,(H,13,14);1-6H3,(H,10,11);1H2,2-5H3,(H,9,10);1H,6H2,2-4H3,(H,9,10);5H2,1-4H3,(H,8,9);5H,1H2,2-4H3,(H,8,9);4H2,1-3H3,(H,9,11);1-4H3,(H,7,8). The normalized spacial score (nSPS) is 15.1. The second-order valence-electron chi connectivity index (χ2n) is 29.5. The minimum Gasteiger partial charge on any atom is -0.352 e. The Morgan fingerprint density at radius 2 is 0.939 bits per heavy atom. The molecular weight excluding hydrogens is 1040 g/mol. The van der Waals surface area contributed by atoms with E-state index in [0.717, 1.165) is 6.42 Å². The van der Waals surface area contributed by atoms with Gasteiger partial charge in [0.05, 0.1) is 6.42 Å². The van der Waals surface area contributed by atoms with E-state index in [-0.39, 0.29) is 116 Å². The first kappa shape index (κ1) is 87.1. The van der Waals surface area contributed by atoms with E-state index in [1.807, 2.05) is 194 Å². The molecule has 8 N–H and O–H groups in total. The summed E-state index contributed by atoms with van der Waals surface area (Å²) in [7, 11) is 0. The van der Waals surface area contributed by atoms with E-state index in [9.17, 15) is 38.4 Å². The Labute approximate surface area is 498 Å². The number of hydrogen-bond donors (Lipinski definition) is 8. The summed E-state index contributed by atoms with van der Waals surface area (Å²) in [6, 6.07) is 0. The van der Waals surface area contributed by atoms with Crippen LogP contribution in [0.4, 0.5) is 0 Å². The van der Waals surface area contributed by atoms with Crippen molar-refractivity contribution in [3.63, 3.8) is 0 Å². The molecule has 2 bridgehead atoms. The topological polar surface area (TPSA) is 282 Å². The average molecular weight is 1160 g/mol. The summed E-state index contributed by atoms with van der Waals surface area (Å²) in [5.41, 5.74) is 7.05. The van der Waals surface area contributed by atoms with Crippen LogP contribution in [0, 0.1) is 35.5 Å². The highest BCUT2D eigenvalue weighted by Gasteiger charge is 2.40. The van der Waals surface area contributed by atoms with Crippen molar-refractivity contribution in [2.75, 3.05) is 6.54 Å². The van der Waals surface area contributed by atoms with E-state index in [2.05, 4.69) is 83.8 Å². The number of amides is 8. The fourth-order valence-electron chi connectivity index (χ4n) is 6.08. The highest BCUT2D eigenvalue weighted by Crippen LogP contribution is 2.43. The number of hydrogen-bond acceptors (Lipinski definition) is 9. The van der Waals surface area contributed by atoms with Gasteiger partial charge in [-0.15, -0.1) is 6.42 Å². The van der Waals surface area contributed by atoms with Crippen molar-refractivity contribution in [3.05, 3.63) is 47.4 Å². The molecular formula is C63H119N11O8. The molecule has 8 amide bonds. The highest BCUT2D eigenvalue weighted by molar-refractivity contribution is 5.92. The molecule has 0 spiro atoms. The van der Waals surface area contributed by atoms with E-state index < -0.39 is 0 Å². The lowest BCUT2D eigenvalue weighted by atomic mass is 9.92. The van der Waals surface area contributed by atoms with E-state index in [1.54, 1.807) is 6.92 Å². The Bertz CT molecular complexity index is 2140. The van der Waals surface area contributed by atoms with Gasteiger partial charge in [-0.25, -0.2) is 0 Å². The predicted octanol–water partition coefficient (Wildman–Crippen LogP) is 11.0. The number of carbonyl (C=O) groups excluding carboxylic acids is 8. The Kier molecular flexibility index (Phi) is 41.0. The van der Waals surface area contributed by atoms with Crippen molar-refractivity contribution >= 4 is 47.3 Å². The largest absolute Gasteiger partial charge is 0.352 e. The van der Waals surface area contributed by atoms with Crippen molar-refractivity contribution in [1.82, 2.24) is 42.5 Å². The van der Waals surface area contributed by atoms with Gasteiger partial charge in [-0.2, -0.15) is 0 Å². The summed E-state index contributed by atoms with van der Waals surface area (Å²) in [5.74, 6) is 3.65. The molecule has 2 aliphatic rings. The van der Waals surface area contributed by atoms with Crippen LogP contribution in [0.25, 0.3) is 10.4 Å². The molecule has 19 nitrogen and oxygen atoms in total. The quantitative estimate of drug-likeness (QED) is 0.0302. The van der Waals surface area contributed by atoms with Crippen LogP contribution in [0.1, 0.15) is 233 Å². The van der Waals surface area contributed by atoms with Gasteiger partial charge in [0, 0.05) is 79.5 Å². The van der Waals surface area contributed by atoms with Gasteiger partial charge < -0.3 is 42.5 Å². The van der Waals surface area contributed by atoms with Crippen LogP contribution in [-0.2, 0) is 38.4 Å². The minimum absolute atomic E-state index is 0.0255. The number of allylic oxidation sites excluding steroid dienone is 2. The van der Waals surface area contributed by atoms with Crippen molar-refractivity contribution < 1.29 is 38.4 Å². The summed E-state index contributed by atoms with van der Waals surface area (Å²) in [6.45, 7) is 64.3. The molecule has 1 fully saturated rings. The summed E-state index contributed by atoms with van der Waals surface area (Å²) in [6.07, 6.45) is 13.7. The number of fused-ring (bicyclic) bond motifs is 2. The minimum atomic E-state index is -0.284. The molecule has 82 heavy (non-hydrogen) atoms. The molecule has 0 saturated heterocycles. The average Bonchev–Trinajstić information content (AvgIpc) is 3.84. The van der Waals surface area contributed by atoms with Crippen molar-refractivity contribution in [3.8, 4) is 12.3 Å². The lowest BCUT2D eigenvalue weighted by Crippen LogP contribution is -2.46. The SMILES string of the molecule is C#CCC(=O)NC(C)(C)C.C=C(C)C(=O)NC(C)(C)C.C=CC(=O)NC(C)(C)C.CC(=O)NC(C)(C)C.CC(C)(C)NC(=O)C(C)(C)C.CC(C)(C)NC(=O)C1CC2C=CC1C2.CC(C)(C)NC(=O)CN=[N+]=[N-].CCC(=O)NC(C)(C)C.